The number of rotatable bonds is 3. The fourth-order valence-electron chi connectivity index (χ4n) is 3.32. The van der Waals surface area contributed by atoms with E-state index in [1.54, 1.807) is 0 Å². The van der Waals surface area contributed by atoms with Gasteiger partial charge >= 0.3 is 0 Å². The molecular formula is C17H26BrN. The third-order valence-corrected chi connectivity index (χ3v) is 5.42. The monoisotopic (exact) mass is 323 g/mol. The molecule has 0 amide bonds. The van der Waals surface area contributed by atoms with Crippen LogP contribution in [0.15, 0.2) is 22.7 Å². The Morgan fingerprint density at radius 1 is 1.26 bits per heavy atom. The highest BCUT2D eigenvalue weighted by atomic mass is 79.9. The molecule has 0 aromatic heterocycles. The summed E-state index contributed by atoms with van der Waals surface area (Å²) in [6.45, 7) is 9.26. The van der Waals surface area contributed by atoms with Gasteiger partial charge in [-0.3, -0.25) is 0 Å². The molecule has 1 N–H and O–H groups in total. The molecule has 1 saturated carbocycles. The molecule has 1 fully saturated rings. The molecule has 0 bridgehead atoms. The first kappa shape index (κ1) is 14.9. The molecule has 106 valence electrons. The third-order valence-electron chi connectivity index (χ3n) is 4.53. The molecular weight excluding hydrogens is 298 g/mol. The Balaban J connectivity index is 2.11. The topological polar surface area (TPSA) is 12.0 Å². The van der Waals surface area contributed by atoms with Crippen LogP contribution in [0, 0.1) is 24.7 Å². The molecule has 0 radical (unpaired) electrons. The van der Waals surface area contributed by atoms with Gasteiger partial charge in [-0.25, -0.2) is 0 Å². The summed E-state index contributed by atoms with van der Waals surface area (Å²) in [5, 5.41) is 3.79. The van der Waals surface area contributed by atoms with Gasteiger partial charge in [-0.2, -0.15) is 0 Å². The fourth-order valence-corrected chi connectivity index (χ4v) is 3.56. The Bertz CT molecular complexity index is 427. The highest BCUT2D eigenvalue weighted by Crippen LogP contribution is 2.35. The zero-order valence-electron chi connectivity index (χ0n) is 12.5. The lowest BCUT2D eigenvalue weighted by Gasteiger charge is -2.38. The van der Waals surface area contributed by atoms with Crippen molar-refractivity contribution in [1.29, 1.82) is 0 Å². The minimum atomic E-state index is 0.629. The maximum Gasteiger partial charge on any atom is 0.0345 e. The van der Waals surface area contributed by atoms with Gasteiger partial charge in [0.05, 0.1) is 0 Å². The van der Waals surface area contributed by atoms with Gasteiger partial charge in [0, 0.05) is 16.2 Å². The molecule has 1 nitrogen and oxygen atoms in total. The van der Waals surface area contributed by atoms with Crippen molar-refractivity contribution < 1.29 is 0 Å². The molecule has 19 heavy (non-hydrogen) atoms. The molecule has 0 heterocycles. The smallest absolute Gasteiger partial charge is 0.0345 e. The summed E-state index contributed by atoms with van der Waals surface area (Å²) in [7, 11) is 0. The van der Waals surface area contributed by atoms with Crippen LogP contribution in [0.3, 0.4) is 0 Å². The van der Waals surface area contributed by atoms with Crippen LogP contribution < -0.4 is 5.32 Å². The molecule has 0 aliphatic heterocycles. The Morgan fingerprint density at radius 3 is 2.63 bits per heavy atom. The van der Waals surface area contributed by atoms with E-state index < -0.39 is 0 Å². The second-order valence-corrected chi connectivity index (χ2v) is 7.40. The molecule has 1 aromatic rings. The zero-order valence-corrected chi connectivity index (χ0v) is 14.1. The predicted molar refractivity (Wildman–Crippen MR) is 87.6 cm³/mol. The summed E-state index contributed by atoms with van der Waals surface area (Å²) in [6.07, 6.45) is 4.06. The van der Waals surface area contributed by atoms with E-state index in [2.05, 4.69) is 67.1 Å². The van der Waals surface area contributed by atoms with E-state index in [0.717, 1.165) is 17.8 Å². The third kappa shape index (κ3) is 3.75. The molecule has 2 heteroatoms. The first-order valence-corrected chi connectivity index (χ1v) is 8.29. The van der Waals surface area contributed by atoms with Crippen LogP contribution in [0.4, 0.5) is 5.69 Å². The van der Waals surface area contributed by atoms with Crippen LogP contribution in [-0.2, 0) is 0 Å². The highest BCUT2D eigenvalue weighted by molar-refractivity contribution is 9.10. The number of nitrogens with one attached hydrogen (secondary N) is 1. The van der Waals surface area contributed by atoms with E-state index >= 15 is 0 Å². The van der Waals surface area contributed by atoms with Gasteiger partial charge in [0.2, 0.25) is 0 Å². The molecule has 0 spiro atoms. The number of halogens is 1. The summed E-state index contributed by atoms with van der Waals surface area (Å²) in [4.78, 5) is 0. The maximum absolute atomic E-state index is 3.79. The van der Waals surface area contributed by atoms with Crippen LogP contribution in [0.2, 0.25) is 0 Å². The number of benzene rings is 1. The number of aryl methyl sites for hydroxylation is 1. The molecule has 0 saturated heterocycles. The van der Waals surface area contributed by atoms with Crippen molar-refractivity contribution in [2.24, 2.45) is 17.8 Å². The average molecular weight is 324 g/mol. The number of hydrogen-bond donors (Lipinski definition) is 1. The summed E-state index contributed by atoms with van der Waals surface area (Å²) in [5.74, 6) is 2.42. The van der Waals surface area contributed by atoms with Gasteiger partial charge in [0.1, 0.15) is 0 Å². The van der Waals surface area contributed by atoms with Crippen molar-refractivity contribution in [2.45, 2.75) is 53.0 Å². The van der Waals surface area contributed by atoms with Crippen molar-refractivity contribution >= 4 is 21.6 Å². The van der Waals surface area contributed by atoms with Crippen LogP contribution in [0.5, 0.6) is 0 Å². The Kier molecular flexibility index (Phi) is 4.94. The number of hydrogen-bond acceptors (Lipinski definition) is 1. The predicted octanol–water partition coefficient (Wildman–Crippen LogP) is 5.63. The standard InChI is InChI=1S/C17H26BrN/c1-11(2)15-7-5-12(3)9-17(15)19-14-6-8-16(18)13(4)10-14/h6,8,10-12,15,17,19H,5,7,9H2,1-4H3. The van der Waals surface area contributed by atoms with Gasteiger partial charge in [-0.15, -0.1) is 0 Å². The highest BCUT2D eigenvalue weighted by Gasteiger charge is 2.30. The summed E-state index contributed by atoms with van der Waals surface area (Å²) >= 11 is 3.57. The second-order valence-electron chi connectivity index (χ2n) is 6.54. The van der Waals surface area contributed by atoms with Crippen LogP contribution in [0.25, 0.3) is 0 Å². The van der Waals surface area contributed by atoms with Gasteiger partial charge < -0.3 is 5.32 Å². The first-order valence-electron chi connectivity index (χ1n) is 7.50. The molecule has 2 rings (SSSR count). The minimum absolute atomic E-state index is 0.629. The molecule has 1 aliphatic rings. The van der Waals surface area contributed by atoms with E-state index in [-0.39, 0.29) is 0 Å². The Labute approximate surface area is 126 Å². The normalized spacial score (nSPS) is 27.6. The maximum atomic E-state index is 3.79. The van der Waals surface area contributed by atoms with E-state index in [1.807, 2.05) is 0 Å². The average Bonchev–Trinajstić information content (AvgIpc) is 2.33. The van der Waals surface area contributed by atoms with Gasteiger partial charge in [-0.05, 0) is 61.3 Å². The molecule has 3 atom stereocenters. The lowest BCUT2D eigenvalue weighted by molar-refractivity contribution is 0.212. The van der Waals surface area contributed by atoms with Crippen molar-refractivity contribution in [1.82, 2.24) is 0 Å². The SMILES string of the molecule is Cc1cc(NC2CC(C)CCC2C(C)C)ccc1Br. The van der Waals surface area contributed by atoms with Crippen molar-refractivity contribution in [2.75, 3.05) is 5.32 Å². The van der Waals surface area contributed by atoms with Crippen molar-refractivity contribution in [3.63, 3.8) is 0 Å². The van der Waals surface area contributed by atoms with Gasteiger partial charge in [0.15, 0.2) is 0 Å². The zero-order chi connectivity index (χ0) is 14.0. The molecule has 1 aromatic carbocycles. The van der Waals surface area contributed by atoms with Crippen LogP contribution in [-0.4, -0.2) is 6.04 Å². The summed E-state index contributed by atoms with van der Waals surface area (Å²) in [5.41, 5.74) is 2.57. The largest absolute Gasteiger partial charge is 0.382 e. The Hall–Kier alpha value is -0.500. The molecule has 1 aliphatic carbocycles. The first-order chi connectivity index (χ1) is 8.97. The minimum Gasteiger partial charge on any atom is -0.382 e. The van der Waals surface area contributed by atoms with Gasteiger partial charge in [-0.1, -0.05) is 43.1 Å². The van der Waals surface area contributed by atoms with Gasteiger partial charge in [0.25, 0.3) is 0 Å². The summed E-state index contributed by atoms with van der Waals surface area (Å²) < 4.78 is 1.19. The van der Waals surface area contributed by atoms with Crippen LogP contribution >= 0.6 is 15.9 Å². The van der Waals surface area contributed by atoms with Crippen molar-refractivity contribution in [3.8, 4) is 0 Å². The number of anilines is 1. The second kappa shape index (κ2) is 6.30. The lowest BCUT2D eigenvalue weighted by Crippen LogP contribution is -2.37. The van der Waals surface area contributed by atoms with Crippen LogP contribution in [0.1, 0.15) is 45.6 Å². The van der Waals surface area contributed by atoms with E-state index in [9.17, 15) is 0 Å². The van der Waals surface area contributed by atoms with Crippen molar-refractivity contribution in [3.05, 3.63) is 28.2 Å². The quantitative estimate of drug-likeness (QED) is 0.760. The Morgan fingerprint density at radius 2 is 2.00 bits per heavy atom. The van der Waals surface area contributed by atoms with E-state index in [4.69, 9.17) is 0 Å². The van der Waals surface area contributed by atoms with E-state index in [1.165, 1.54) is 35.0 Å². The van der Waals surface area contributed by atoms with E-state index in [0.29, 0.717) is 6.04 Å². The molecule has 3 unspecified atom stereocenters. The fraction of sp³-hybridized carbons (Fsp3) is 0.647. The summed E-state index contributed by atoms with van der Waals surface area (Å²) in [6, 6.07) is 7.22. The lowest BCUT2D eigenvalue weighted by atomic mass is 9.74.